The number of hydrogen-bond acceptors (Lipinski definition) is 5. The predicted molar refractivity (Wildman–Crippen MR) is 77.4 cm³/mol. The minimum absolute atomic E-state index is 0.0739. The van der Waals surface area contributed by atoms with E-state index in [1.807, 2.05) is 13.8 Å². The van der Waals surface area contributed by atoms with Crippen molar-refractivity contribution in [3.63, 3.8) is 0 Å². The summed E-state index contributed by atoms with van der Waals surface area (Å²) in [6.45, 7) is 5.10. The molecule has 0 saturated carbocycles. The van der Waals surface area contributed by atoms with E-state index in [9.17, 15) is 9.59 Å². The van der Waals surface area contributed by atoms with Gasteiger partial charge in [0, 0.05) is 12.1 Å². The fourth-order valence-electron chi connectivity index (χ4n) is 2.29. The predicted octanol–water partition coefficient (Wildman–Crippen LogP) is 1.04. The van der Waals surface area contributed by atoms with Crippen LogP contribution in [0.4, 0.5) is 0 Å². The largest absolute Gasteiger partial charge is 0.454 e. The van der Waals surface area contributed by atoms with Crippen molar-refractivity contribution in [3.05, 3.63) is 23.8 Å². The lowest BCUT2D eigenvalue weighted by atomic mass is 10.1. The van der Waals surface area contributed by atoms with Gasteiger partial charge in [-0.15, -0.1) is 0 Å². The first-order chi connectivity index (χ1) is 9.95. The summed E-state index contributed by atoms with van der Waals surface area (Å²) in [6.07, 6.45) is 0. The summed E-state index contributed by atoms with van der Waals surface area (Å²) in [4.78, 5) is 25.2. The van der Waals surface area contributed by atoms with Gasteiger partial charge in [0.15, 0.2) is 17.3 Å². The molecule has 6 nitrogen and oxygen atoms in total. The third-order valence-electron chi connectivity index (χ3n) is 3.06. The zero-order chi connectivity index (χ0) is 15.4. The fraction of sp³-hybridized carbons (Fsp3) is 0.467. The molecule has 0 aromatic heterocycles. The second kappa shape index (κ2) is 6.58. The molecule has 0 atom stereocenters. The van der Waals surface area contributed by atoms with Crippen LogP contribution in [-0.2, 0) is 4.79 Å². The summed E-state index contributed by atoms with van der Waals surface area (Å²) in [7, 11) is 0. The Morgan fingerprint density at radius 3 is 2.62 bits per heavy atom. The van der Waals surface area contributed by atoms with Gasteiger partial charge in [-0.05, 0) is 24.1 Å². The van der Waals surface area contributed by atoms with Gasteiger partial charge < -0.3 is 15.2 Å². The van der Waals surface area contributed by atoms with Crippen LogP contribution in [0.15, 0.2) is 18.2 Å². The van der Waals surface area contributed by atoms with Crippen LogP contribution in [0, 0.1) is 5.92 Å². The topological polar surface area (TPSA) is 81.9 Å². The van der Waals surface area contributed by atoms with E-state index >= 15 is 0 Å². The molecule has 1 heterocycles. The second-order valence-corrected chi connectivity index (χ2v) is 5.52. The van der Waals surface area contributed by atoms with Crippen molar-refractivity contribution >= 4 is 11.7 Å². The fourth-order valence-corrected chi connectivity index (χ4v) is 2.29. The minimum Gasteiger partial charge on any atom is -0.454 e. The number of fused-ring (bicyclic) bond motifs is 1. The number of carbonyl (C=O) groups excluding carboxylic acids is 2. The van der Waals surface area contributed by atoms with Crippen molar-refractivity contribution in [2.45, 2.75) is 13.8 Å². The van der Waals surface area contributed by atoms with Crippen molar-refractivity contribution in [2.75, 3.05) is 26.4 Å². The number of primary amides is 1. The average Bonchev–Trinajstić information content (AvgIpc) is 2.83. The summed E-state index contributed by atoms with van der Waals surface area (Å²) in [6, 6.07) is 5.09. The van der Waals surface area contributed by atoms with Gasteiger partial charge in [-0.3, -0.25) is 14.5 Å². The third kappa shape index (κ3) is 4.19. The maximum absolute atomic E-state index is 12.3. The molecule has 1 aliphatic rings. The molecule has 0 aliphatic carbocycles. The van der Waals surface area contributed by atoms with Crippen LogP contribution in [0.5, 0.6) is 11.5 Å². The average molecular weight is 292 g/mol. The van der Waals surface area contributed by atoms with Crippen LogP contribution in [-0.4, -0.2) is 43.0 Å². The first kappa shape index (κ1) is 15.3. The summed E-state index contributed by atoms with van der Waals surface area (Å²) in [5.41, 5.74) is 5.77. The Morgan fingerprint density at radius 1 is 1.24 bits per heavy atom. The monoisotopic (exact) mass is 292 g/mol. The van der Waals surface area contributed by atoms with Crippen LogP contribution in [0.2, 0.25) is 0 Å². The van der Waals surface area contributed by atoms with Gasteiger partial charge in [0.05, 0.1) is 13.1 Å². The molecule has 0 unspecified atom stereocenters. The van der Waals surface area contributed by atoms with Gasteiger partial charge in [0.25, 0.3) is 0 Å². The van der Waals surface area contributed by atoms with Crippen LogP contribution in [0.1, 0.15) is 24.2 Å². The lowest BCUT2D eigenvalue weighted by Gasteiger charge is -2.21. The van der Waals surface area contributed by atoms with E-state index in [1.54, 1.807) is 23.1 Å². The van der Waals surface area contributed by atoms with E-state index in [0.29, 0.717) is 29.5 Å². The summed E-state index contributed by atoms with van der Waals surface area (Å²) in [5.74, 6) is 1.05. The number of carbonyl (C=O) groups is 2. The molecule has 2 N–H and O–H groups in total. The Labute approximate surface area is 123 Å². The van der Waals surface area contributed by atoms with Gasteiger partial charge >= 0.3 is 0 Å². The van der Waals surface area contributed by atoms with Gasteiger partial charge in [0.1, 0.15) is 0 Å². The summed E-state index contributed by atoms with van der Waals surface area (Å²) < 4.78 is 10.5. The normalized spacial score (nSPS) is 13.0. The smallest absolute Gasteiger partial charge is 0.231 e. The number of Topliss-reactive ketones (excluding diaryl/α,β-unsaturated/α-hetero) is 1. The van der Waals surface area contributed by atoms with E-state index < -0.39 is 5.91 Å². The van der Waals surface area contributed by atoms with E-state index in [-0.39, 0.29) is 25.7 Å². The number of nitrogens with two attached hydrogens (primary N) is 1. The third-order valence-corrected chi connectivity index (χ3v) is 3.06. The molecule has 1 aromatic carbocycles. The number of ether oxygens (including phenoxy) is 2. The van der Waals surface area contributed by atoms with Gasteiger partial charge in [-0.25, -0.2) is 0 Å². The van der Waals surface area contributed by atoms with Crippen LogP contribution >= 0.6 is 0 Å². The molecule has 0 bridgehead atoms. The highest BCUT2D eigenvalue weighted by atomic mass is 16.7. The molecule has 0 saturated heterocycles. The highest BCUT2D eigenvalue weighted by Gasteiger charge is 2.19. The molecule has 1 aliphatic heterocycles. The van der Waals surface area contributed by atoms with Crippen LogP contribution in [0.25, 0.3) is 0 Å². The van der Waals surface area contributed by atoms with Crippen molar-refractivity contribution in [1.82, 2.24) is 4.90 Å². The molecule has 21 heavy (non-hydrogen) atoms. The Kier molecular flexibility index (Phi) is 4.80. The molecule has 1 aromatic rings. The molecule has 0 spiro atoms. The van der Waals surface area contributed by atoms with E-state index in [2.05, 4.69) is 0 Å². The van der Waals surface area contributed by atoms with Gasteiger partial charge in [0.2, 0.25) is 12.7 Å². The standard InChI is InChI=1S/C15H20N2O4/c1-10(2)6-17(8-15(16)19)7-12(18)11-3-4-13-14(5-11)21-9-20-13/h3-5,10H,6-9H2,1-2H3,(H2,16,19). The van der Waals surface area contributed by atoms with E-state index in [4.69, 9.17) is 15.2 Å². The van der Waals surface area contributed by atoms with Crippen LogP contribution < -0.4 is 15.2 Å². The molecule has 114 valence electrons. The maximum atomic E-state index is 12.3. The van der Waals surface area contributed by atoms with Gasteiger partial charge in [-0.2, -0.15) is 0 Å². The first-order valence-electron chi connectivity index (χ1n) is 6.89. The van der Waals surface area contributed by atoms with Crippen molar-refractivity contribution in [1.29, 1.82) is 0 Å². The molecule has 6 heteroatoms. The molecule has 1 amide bonds. The number of hydrogen-bond donors (Lipinski definition) is 1. The molecule has 2 rings (SSSR count). The maximum Gasteiger partial charge on any atom is 0.231 e. The number of amides is 1. The highest BCUT2D eigenvalue weighted by molar-refractivity contribution is 5.98. The van der Waals surface area contributed by atoms with Crippen LogP contribution in [0.3, 0.4) is 0 Å². The lowest BCUT2D eigenvalue weighted by Crippen LogP contribution is -2.39. The highest BCUT2D eigenvalue weighted by Crippen LogP contribution is 2.32. The SMILES string of the molecule is CC(C)CN(CC(N)=O)CC(=O)c1ccc2c(c1)OCO2. The molecule has 0 radical (unpaired) electrons. The van der Waals surface area contributed by atoms with E-state index in [0.717, 1.165) is 0 Å². The summed E-state index contributed by atoms with van der Waals surface area (Å²) >= 11 is 0. The Balaban J connectivity index is 2.05. The second-order valence-electron chi connectivity index (χ2n) is 5.52. The van der Waals surface area contributed by atoms with Gasteiger partial charge in [-0.1, -0.05) is 13.8 Å². The van der Waals surface area contributed by atoms with E-state index in [1.165, 1.54) is 0 Å². The summed E-state index contributed by atoms with van der Waals surface area (Å²) in [5, 5.41) is 0. The molecule has 0 fully saturated rings. The molecular weight excluding hydrogens is 272 g/mol. The Hall–Kier alpha value is -2.08. The Morgan fingerprint density at radius 2 is 1.95 bits per heavy atom. The van der Waals surface area contributed by atoms with Crippen molar-refractivity contribution < 1.29 is 19.1 Å². The van der Waals surface area contributed by atoms with Crippen molar-refractivity contribution in [2.24, 2.45) is 11.7 Å². The zero-order valence-electron chi connectivity index (χ0n) is 12.3. The quantitative estimate of drug-likeness (QED) is 0.759. The number of ketones is 1. The van der Waals surface area contributed by atoms with Crippen molar-refractivity contribution in [3.8, 4) is 11.5 Å². The first-order valence-corrected chi connectivity index (χ1v) is 6.89. The number of rotatable bonds is 7. The lowest BCUT2D eigenvalue weighted by molar-refractivity contribution is -0.119. The number of nitrogens with zero attached hydrogens (tertiary/aromatic N) is 1. The molecular formula is C15H20N2O4. The Bertz CT molecular complexity index is 542. The zero-order valence-corrected chi connectivity index (χ0v) is 12.3. The number of benzene rings is 1. The minimum atomic E-state index is -0.436.